The van der Waals surface area contributed by atoms with Crippen molar-refractivity contribution >= 4 is 22.7 Å². The lowest BCUT2D eigenvalue weighted by molar-refractivity contribution is -0.145. The van der Waals surface area contributed by atoms with Crippen LogP contribution in [0.15, 0.2) is 78.0 Å². The smallest absolute Gasteiger partial charge is 0.451 e. The molecular formula is C22H16F3N3OS. The number of hydrogen-bond acceptors (Lipinski definition) is 5. The molecule has 0 fully saturated rings. The Balaban J connectivity index is 1.46. The maximum Gasteiger partial charge on any atom is 0.451 e. The van der Waals surface area contributed by atoms with Gasteiger partial charge in [-0.3, -0.25) is 4.98 Å². The highest BCUT2D eigenvalue weighted by Crippen LogP contribution is 2.33. The zero-order chi connectivity index (χ0) is 21.0. The van der Waals surface area contributed by atoms with Crippen LogP contribution in [-0.2, 0) is 18.5 Å². The van der Waals surface area contributed by atoms with Gasteiger partial charge in [0, 0.05) is 17.3 Å². The molecule has 4 aromatic rings. The molecule has 0 bridgehead atoms. The van der Waals surface area contributed by atoms with E-state index >= 15 is 0 Å². The van der Waals surface area contributed by atoms with E-state index in [0.717, 1.165) is 11.3 Å². The van der Waals surface area contributed by atoms with E-state index in [1.165, 1.54) is 11.8 Å². The summed E-state index contributed by atoms with van der Waals surface area (Å²) in [6.45, 7) is 0.363. The van der Waals surface area contributed by atoms with Crippen LogP contribution in [0.3, 0.4) is 0 Å². The zero-order valence-electron chi connectivity index (χ0n) is 15.6. The molecule has 2 aromatic heterocycles. The van der Waals surface area contributed by atoms with Crippen LogP contribution in [0.2, 0.25) is 0 Å². The molecule has 30 heavy (non-hydrogen) atoms. The Morgan fingerprint density at radius 3 is 2.37 bits per heavy atom. The Labute approximate surface area is 175 Å². The number of pyridine rings is 1. The number of aromatic nitrogens is 3. The molecule has 2 aromatic carbocycles. The number of alkyl halides is 3. The molecule has 4 nitrogen and oxygen atoms in total. The van der Waals surface area contributed by atoms with Crippen molar-refractivity contribution in [2.24, 2.45) is 0 Å². The molecule has 0 aliphatic carbocycles. The van der Waals surface area contributed by atoms with Crippen LogP contribution in [0.1, 0.15) is 17.1 Å². The second-order valence-corrected chi connectivity index (χ2v) is 7.37. The molecule has 4 rings (SSSR count). The SMILES string of the molecule is FC(F)(F)c1nc(SCc2ccc(OCc3ccccn3)cc2)c2ccccc2n1. The number of thioether (sulfide) groups is 1. The minimum atomic E-state index is -4.59. The Bertz CT molecular complexity index is 1140. The minimum absolute atomic E-state index is 0.278. The molecule has 152 valence electrons. The molecule has 0 unspecified atom stereocenters. The van der Waals surface area contributed by atoms with E-state index in [-0.39, 0.29) is 5.52 Å². The van der Waals surface area contributed by atoms with Crippen molar-refractivity contribution in [3.63, 3.8) is 0 Å². The van der Waals surface area contributed by atoms with Crippen LogP contribution >= 0.6 is 11.8 Å². The highest BCUT2D eigenvalue weighted by molar-refractivity contribution is 7.98. The summed E-state index contributed by atoms with van der Waals surface area (Å²) >= 11 is 1.25. The second kappa shape index (κ2) is 8.71. The van der Waals surface area contributed by atoms with Gasteiger partial charge in [-0.25, -0.2) is 9.97 Å². The number of benzene rings is 2. The lowest BCUT2D eigenvalue weighted by Crippen LogP contribution is -2.11. The average molecular weight is 427 g/mol. The van der Waals surface area contributed by atoms with E-state index in [2.05, 4.69) is 15.0 Å². The fraction of sp³-hybridized carbons (Fsp3) is 0.136. The summed E-state index contributed by atoms with van der Waals surface area (Å²) in [6.07, 6.45) is -2.88. The number of para-hydroxylation sites is 1. The van der Waals surface area contributed by atoms with Gasteiger partial charge >= 0.3 is 6.18 Å². The van der Waals surface area contributed by atoms with Gasteiger partial charge in [0.15, 0.2) is 0 Å². The maximum atomic E-state index is 13.1. The maximum absolute atomic E-state index is 13.1. The van der Waals surface area contributed by atoms with Gasteiger partial charge in [0.2, 0.25) is 5.82 Å². The number of fused-ring (bicyclic) bond motifs is 1. The van der Waals surface area contributed by atoms with Crippen molar-refractivity contribution in [3.05, 3.63) is 90.0 Å². The molecule has 0 atom stereocenters. The van der Waals surface area contributed by atoms with Gasteiger partial charge in [0.25, 0.3) is 0 Å². The summed E-state index contributed by atoms with van der Waals surface area (Å²) in [4.78, 5) is 11.6. The minimum Gasteiger partial charge on any atom is -0.487 e. The molecule has 0 spiro atoms. The number of rotatable bonds is 6. The summed E-state index contributed by atoms with van der Waals surface area (Å²) in [5.41, 5.74) is 2.05. The summed E-state index contributed by atoms with van der Waals surface area (Å²) in [6, 6.07) is 19.8. The van der Waals surface area contributed by atoms with Crippen LogP contribution < -0.4 is 4.74 Å². The third kappa shape index (κ3) is 4.88. The molecule has 8 heteroatoms. The van der Waals surface area contributed by atoms with Crippen molar-refractivity contribution in [1.82, 2.24) is 15.0 Å². The Morgan fingerprint density at radius 1 is 0.867 bits per heavy atom. The van der Waals surface area contributed by atoms with Gasteiger partial charge in [-0.15, -0.1) is 11.8 Å². The molecule has 0 aliphatic rings. The summed E-state index contributed by atoms with van der Waals surface area (Å²) in [7, 11) is 0. The first kappa shape index (κ1) is 20.2. The first-order chi connectivity index (χ1) is 14.5. The van der Waals surface area contributed by atoms with Crippen molar-refractivity contribution in [1.29, 1.82) is 0 Å². The molecule has 0 saturated heterocycles. The molecule has 0 aliphatic heterocycles. The highest BCUT2D eigenvalue weighted by Gasteiger charge is 2.35. The number of ether oxygens (including phenoxy) is 1. The van der Waals surface area contributed by atoms with Gasteiger partial charge in [-0.05, 0) is 35.9 Å². The molecule has 0 saturated carbocycles. The molecule has 0 radical (unpaired) electrons. The van der Waals surface area contributed by atoms with Crippen LogP contribution in [0.25, 0.3) is 10.9 Å². The third-order valence-electron chi connectivity index (χ3n) is 4.23. The van der Waals surface area contributed by atoms with Crippen molar-refractivity contribution in [2.45, 2.75) is 23.6 Å². The lowest BCUT2D eigenvalue weighted by atomic mass is 10.2. The second-order valence-electron chi connectivity index (χ2n) is 6.41. The van der Waals surface area contributed by atoms with E-state index in [9.17, 15) is 13.2 Å². The Kier molecular flexibility index (Phi) is 5.85. The van der Waals surface area contributed by atoms with Crippen molar-refractivity contribution < 1.29 is 17.9 Å². The number of nitrogens with zero attached hydrogens (tertiary/aromatic N) is 3. The monoisotopic (exact) mass is 427 g/mol. The van der Waals surface area contributed by atoms with Gasteiger partial charge in [-0.2, -0.15) is 13.2 Å². The average Bonchev–Trinajstić information content (AvgIpc) is 2.76. The lowest BCUT2D eigenvalue weighted by Gasteiger charge is -2.11. The van der Waals surface area contributed by atoms with Crippen LogP contribution in [0, 0.1) is 0 Å². The molecule has 0 amide bonds. The van der Waals surface area contributed by atoms with E-state index in [1.807, 2.05) is 42.5 Å². The fourth-order valence-electron chi connectivity index (χ4n) is 2.76. The van der Waals surface area contributed by atoms with Crippen molar-refractivity contribution in [2.75, 3.05) is 0 Å². The van der Waals surface area contributed by atoms with Gasteiger partial charge in [0.05, 0.1) is 11.2 Å². The van der Waals surface area contributed by atoms with Crippen LogP contribution in [-0.4, -0.2) is 15.0 Å². The van der Waals surface area contributed by atoms with E-state index in [1.54, 1.807) is 30.5 Å². The number of hydrogen-bond donors (Lipinski definition) is 0. The predicted octanol–water partition coefficient (Wildman–Crippen LogP) is 5.91. The third-order valence-corrected chi connectivity index (χ3v) is 5.30. The Hall–Kier alpha value is -3.13. The van der Waals surface area contributed by atoms with Crippen LogP contribution in [0.5, 0.6) is 5.75 Å². The van der Waals surface area contributed by atoms with Gasteiger partial charge in [-0.1, -0.05) is 36.4 Å². The Morgan fingerprint density at radius 2 is 1.63 bits per heavy atom. The largest absolute Gasteiger partial charge is 0.487 e. The molecule has 0 N–H and O–H groups in total. The van der Waals surface area contributed by atoms with E-state index in [4.69, 9.17) is 4.74 Å². The molecule has 2 heterocycles. The topological polar surface area (TPSA) is 47.9 Å². The highest BCUT2D eigenvalue weighted by atomic mass is 32.2. The van der Waals surface area contributed by atoms with Gasteiger partial charge < -0.3 is 4.74 Å². The zero-order valence-corrected chi connectivity index (χ0v) is 16.5. The number of halogens is 3. The first-order valence-electron chi connectivity index (χ1n) is 9.07. The summed E-state index contributed by atoms with van der Waals surface area (Å²) in [5, 5.41) is 0.911. The summed E-state index contributed by atoms with van der Waals surface area (Å²) < 4.78 is 45.1. The van der Waals surface area contributed by atoms with Gasteiger partial charge in [0.1, 0.15) is 17.4 Å². The fourth-order valence-corrected chi connectivity index (χ4v) is 3.73. The van der Waals surface area contributed by atoms with E-state index < -0.39 is 12.0 Å². The summed E-state index contributed by atoms with van der Waals surface area (Å²) in [5.74, 6) is 0.0435. The van der Waals surface area contributed by atoms with E-state index in [0.29, 0.717) is 28.5 Å². The van der Waals surface area contributed by atoms with Crippen molar-refractivity contribution in [3.8, 4) is 5.75 Å². The predicted molar refractivity (Wildman–Crippen MR) is 109 cm³/mol. The quantitative estimate of drug-likeness (QED) is 0.283. The normalized spacial score (nSPS) is 11.6. The standard InChI is InChI=1S/C22H16F3N3OS/c23-22(24,25)21-27-19-7-2-1-6-18(19)20(28-21)30-14-15-8-10-17(11-9-15)29-13-16-5-3-4-12-26-16/h1-12H,13-14H2. The van der Waals surface area contributed by atoms with Crippen LogP contribution in [0.4, 0.5) is 13.2 Å². The first-order valence-corrected chi connectivity index (χ1v) is 10.1. The molecular weight excluding hydrogens is 411 g/mol.